The molecule has 0 atom stereocenters. The van der Waals surface area contributed by atoms with Crippen LogP contribution in [0.5, 0.6) is 11.5 Å². The fraction of sp³-hybridized carbons (Fsp3) is 0.529. The van der Waals surface area contributed by atoms with Crippen molar-refractivity contribution in [3.05, 3.63) is 24.3 Å². The maximum atomic E-state index is 11.5. The molecule has 1 aromatic rings. The summed E-state index contributed by atoms with van der Waals surface area (Å²) in [5, 5.41) is 2.49. The van der Waals surface area contributed by atoms with Crippen LogP contribution in [0.4, 0.5) is 4.79 Å². The van der Waals surface area contributed by atoms with Gasteiger partial charge in [-0.05, 0) is 45.0 Å². The zero-order valence-electron chi connectivity index (χ0n) is 14.6. The van der Waals surface area contributed by atoms with Crippen LogP contribution >= 0.6 is 0 Å². The van der Waals surface area contributed by atoms with Crippen molar-refractivity contribution in [2.75, 3.05) is 26.9 Å². The Bertz CT molecular complexity index is 521. The molecule has 0 saturated heterocycles. The lowest BCUT2D eigenvalue weighted by Crippen LogP contribution is -2.33. The molecule has 0 fully saturated rings. The van der Waals surface area contributed by atoms with Crippen molar-refractivity contribution in [1.29, 1.82) is 0 Å². The van der Waals surface area contributed by atoms with Gasteiger partial charge in [-0.3, -0.25) is 4.79 Å². The molecule has 0 aromatic heterocycles. The summed E-state index contributed by atoms with van der Waals surface area (Å²) in [5.41, 5.74) is -0.566. The van der Waals surface area contributed by atoms with Crippen molar-refractivity contribution in [1.82, 2.24) is 5.32 Å². The van der Waals surface area contributed by atoms with E-state index < -0.39 is 17.7 Å². The van der Waals surface area contributed by atoms with Crippen LogP contribution < -0.4 is 14.8 Å². The van der Waals surface area contributed by atoms with E-state index in [-0.39, 0.29) is 26.2 Å². The first-order valence-corrected chi connectivity index (χ1v) is 7.69. The van der Waals surface area contributed by atoms with Gasteiger partial charge in [0.25, 0.3) is 0 Å². The molecule has 0 radical (unpaired) electrons. The summed E-state index contributed by atoms with van der Waals surface area (Å²) in [5.74, 6) is 0.995. The number of hydrogen-bond acceptors (Lipinski definition) is 6. The van der Waals surface area contributed by atoms with Gasteiger partial charge in [-0.25, -0.2) is 4.79 Å². The molecule has 0 aliphatic rings. The van der Waals surface area contributed by atoms with Crippen LogP contribution in [0.15, 0.2) is 24.3 Å². The van der Waals surface area contributed by atoms with Gasteiger partial charge in [-0.1, -0.05) is 0 Å². The summed E-state index contributed by atoms with van der Waals surface area (Å²) in [6, 6.07) is 7.10. The third kappa shape index (κ3) is 8.87. The molecule has 0 heterocycles. The Hall–Kier alpha value is -2.44. The molecule has 1 rings (SSSR count). The Morgan fingerprint density at radius 1 is 1.04 bits per heavy atom. The normalized spacial score (nSPS) is 10.7. The molecule has 0 bridgehead atoms. The molecule has 1 N–H and O–H groups in total. The summed E-state index contributed by atoms with van der Waals surface area (Å²) >= 11 is 0. The Morgan fingerprint density at radius 3 is 2.25 bits per heavy atom. The second-order valence-electron chi connectivity index (χ2n) is 5.92. The quantitative estimate of drug-likeness (QED) is 0.579. The Kier molecular flexibility index (Phi) is 7.88. The van der Waals surface area contributed by atoms with Gasteiger partial charge >= 0.3 is 12.1 Å². The molecule has 24 heavy (non-hydrogen) atoms. The number of benzene rings is 1. The SMILES string of the molecule is COc1ccc(OCCOC(=O)CCNC(=O)OC(C)(C)C)cc1. The first-order valence-electron chi connectivity index (χ1n) is 7.69. The molecule has 1 amide bonds. The number of amides is 1. The van der Waals surface area contributed by atoms with Crippen LogP contribution in [0.1, 0.15) is 27.2 Å². The van der Waals surface area contributed by atoms with Crippen molar-refractivity contribution < 1.29 is 28.5 Å². The van der Waals surface area contributed by atoms with Gasteiger partial charge in [0.2, 0.25) is 0 Å². The van der Waals surface area contributed by atoms with Crippen LogP contribution in [0.25, 0.3) is 0 Å². The summed E-state index contributed by atoms with van der Waals surface area (Å²) in [6.07, 6.45) is -0.486. The molecule has 134 valence electrons. The van der Waals surface area contributed by atoms with Crippen molar-refractivity contribution in [2.45, 2.75) is 32.8 Å². The van der Waals surface area contributed by atoms with E-state index in [0.29, 0.717) is 5.75 Å². The van der Waals surface area contributed by atoms with E-state index in [2.05, 4.69) is 5.32 Å². The maximum Gasteiger partial charge on any atom is 0.407 e. The number of esters is 1. The summed E-state index contributed by atoms with van der Waals surface area (Å²) < 4.78 is 20.5. The summed E-state index contributed by atoms with van der Waals surface area (Å²) in [7, 11) is 1.59. The zero-order valence-corrected chi connectivity index (χ0v) is 14.6. The average Bonchev–Trinajstić information content (AvgIpc) is 2.50. The van der Waals surface area contributed by atoms with Crippen molar-refractivity contribution >= 4 is 12.1 Å². The average molecular weight is 339 g/mol. The molecule has 0 aliphatic carbocycles. The van der Waals surface area contributed by atoms with Crippen molar-refractivity contribution in [3.63, 3.8) is 0 Å². The number of nitrogens with one attached hydrogen (secondary N) is 1. The molecule has 7 nitrogen and oxygen atoms in total. The highest BCUT2D eigenvalue weighted by molar-refractivity contribution is 5.71. The first kappa shape index (κ1) is 19.6. The molecule has 0 aliphatic heterocycles. The fourth-order valence-electron chi connectivity index (χ4n) is 1.64. The predicted molar refractivity (Wildman–Crippen MR) is 88.3 cm³/mol. The number of alkyl carbamates (subject to hydrolysis) is 1. The number of methoxy groups -OCH3 is 1. The van der Waals surface area contributed by atoms with Gasteiger partial charge in [0.1, 0.15) is 30.3 Å². The number of carbonyl (C=O) groups is 2. The number of carbonyl (C=O) groups excluding carboxylic acids is 2. The minimum Gasteiger partial charge on any atom is -0.497 e. The maximum absolute atomic E-state index is 11.5. The monoisotopic (exact) mass is 339 g/mol. The van der Waals surface area contributed by atoms with E-state index >= 15 is 0 Å². The summed E-state index contributed by atoms with van der Waals surface area (Å²) in [6.45, 7) is 5.85. The predicted octanol–water partition coefficient (Wildman–Crippen LogP) is 2.53. The largest absolute Gasteiger partial charge is 0.497 e. The topological polar surface area (TPSA) is 83.1 Å². The highest BCUT2D eigenvalue weighted by Crippen LogP contribution is 2.16. The van der Waals surface area contributed by atoms with Gasteiger partial charge in [0.15, 0.2) is 0 Å². The van der Waals surface area contributed by atoms with Gasteiger partial charge < -0.3 is 24.3 Å². The lowest BCUT2D eigenvalue weighted by molar-refractivity contribution is -0.144. The van der Waals surface area contributed by atoms with Crippen LogP contribution in [0, 0.1) is 0 Å². The van der Waals surface area contributed by atoms with Crippen LogP contribution in [-0.2, 0) is 14.3 Å². The van der Waals surface area contributed by atoms with E-state index in [0.717, 1.165) is 5.75 Å². The van der Waals surface area contributed by atoms with Gasteiger partial charge in [0.05, 0.1) is 13.5 Å². The fourth-order valence-corrected chi connectivity index (χ4v) is 1.64. The minimum absolute atomic E-state index is 0.0712. The number of hydrogen-bond donors (Lipinski definition) is 1. The zero-order chi connectivity index (χ0) is 18.0. The third-order valence-electron chi connectivity index (χ3n) is 2.67. The van der Waals surface area contributed by atoms with E-state index in [4.69, 9.17) is 18.9 Å². The Balaban J connectivity index is 2.10. The van der Waals surface area contributed by atoms with Gasteiger partial charge in [-0.15, -0.1) is 0 Å². The molecular weight excluding hydrogens is 314 g/mol. The highest BCUT2D eigenvalue weighted by atomic mass is 16.6. The smallest absolute Gasteiger partial charge is 0.407 e. The Morgan fingerprint density at radius 2 is 1.67 bits per heavy atom. The second kappa shape index (κ2) is 9.64. The van der Waals surface area contributed by atoms with Gasteiger partial charge in [0, 0.05) is 6.54 Å². The van der Waals surface area contributed by atoms with E-state index in [1.165, 1.54) is 0 Å². The Labute approximate surface area is 142 Å². The van der Waals surface area contributed by atoms with Crippen LogP contribution in [0.2, 0.25) is 0 Å². The third-order valence-corrected chi connectivity index (χ3v) is 2.67. The first-order chi connectivity index (χ1) is 11.3. The summed E-state index contributed by atoms with van der Waals surface area (Å²) in [4.78, 5) is 22.9. The van der Waals surface area contributed by atoms with Crippen LogP contribution in [-0.4, -0.2) is 44.5 Å². The van der Waals surface area contributed by atoms with E-state index in [1.54, 1.807) is 52.1 Å². The van der Waals surface area contributed by atoms with Crippen molar-refractivity contribution in [2.24, 2.45) is 0 Å². The highest BCUT2D eigenvalue weighted by Gasteiger charge is 2.15. The van der Waals surface area contributed by atoms with Gasteiger partial charge in [-0.2, -0.15) is 0 Å². The lowest BCUT2D eigenvalue weighted by atomic mass is 10.2. The molecular formula is C17H25NO6. The van der Waals surface area contributed by atoms with Crippen LogP contribution in [0.3, 0.4) is 0 Å². The molecule has 7 heteroatoms. The van der Waals surface area contributed by atoms with E-state index in [9.17, 15) is 9.59 Å². The van der Waals surface area contributed by atoms with Crippen molar-refractivity contribution in [3.8, 4) is 11.5 Å². The molecule has 0 spiro atoms. The molecule has 0 saturated carbocycles. The number of rotatable bonds is 8. The minimum atomic E-state index is -0.566. The lowest BCUT2D eigenvalue weighted by Gasteiger charge is -2.19. The molecule has 1 aromatic carbocycles. The van der Waals surface area contributed by atoms with E-state index in [1.807, 2.05) is 0 Å². The standard InChI is InChI=1S/C17H25NO6/c1-17(2,3)24-16(20)18-10-9-15(19)23-12-11-22-14-7-5-13(21-4)6-8-14/h5-8H,9-12H2,1-4H3,(H,18,20). The second-order valence-corrected chi connectivity index (χ2v) is 5.92. The molecule has 0 unspecified atom stereocenters. The number of ether oxygens (including phenoxy) is 4.